The second kappa shape index (κ2) is 11.9. The lowest BCUT2D eigenvalue weighted by molar-refractivity contribution is -0.129. The van der Waals surface area contributed by atoms with E-state index in [1.807, 2.05) is 4.57 Å². The summed E-state index contributed by atoms with van der Waals surface area (Å²) in [6, 6.07) is 12.6. The van der Waals surface area contributed by atoms with E-state index in [0.29, 0.717) is 34.2 Å². The largest absolute Gasteiger partial charge is 0.493 e. The van der Waals surface area contributed by atoms with E-state index < -0.39 is 5.97 Å². The second-order valence-corrected chi connectivity index (χ2v) is 8.35. The molecule has 4 rings (SSSR count). The Kier molecular flexibility index (Phi) is 8.21. The summed E-state index contributed by atoms with van der Waals surface area (Å²) in [6.45, 7) is 0.797. The molecule has 0 saturated carbocycles. The van der Waals surface area contributed by atoms with E-state index in [1.165, 1.54) is 13.2 Å². The van der Waals surface area contributed by atoms with Crippen molar-refractivity contribution in [3.05, 3.63) is 65.2 Å². The third-order valence-corrected chi connectivity index (χ3v) is 6.00. The standard InChI is InChI=1S/C28H28N4O5/c1-34-22-11-8-19(16-24(22)35-2)10-13-27(33)37-23-12-9-20(17-25(23)36-3)15-21(18-29)28-31-30-26-7-5-4-6-14-32(26)28/h8-13,15-17H,4-7,14H2,1-3H3/b13-10+,21-15+. The van der Waals surface area contributed by atoms with E-state index in [4.69, 9.17) is 18.9 Å². The van der Waals surface area contributed by atoms with Crippen molar-refractivity contribution >= 4 is 23.7 Å². The van der Waals surface area contributed by atoms with Gasteiger partial charge >= 0.3 is 5.97 Å². The maximum Gasteiger partial charge on any atom is 0.336 e. The summed E-state index contributed by atoms with van der Waals surface area (Å²) < 4.78 is 23.5. The Morgan fingerprint density at radius 2 is 1.62 bits per heavy atom. The first-order valence-electron chi connectivity index (χ1n) is 11.9. The Morgan fingerprint density at radius 3 is 2.38 bits per heavy atom. The monoisotopic (exact) mass is 500 g/mol. The summed E-state index contributed by atoms with van der Waals surface area (Å²) in [5, 5.41) is 18.4. The van der Waals surface area contributed by atoms with Gasteiger partial charge in [-0.3, -0.25) is 0 Å². The van der Waals surface area contributed by atoms with E-state index in [2.05, 4.69) is 16.3 Å². The number of nitrogens with zero attached hydrogens (tertiary/aromatic N) is 4. The molecule has 0 fully saturated rings. The molecule has 0 spiro atoms. The quantitative estimate of drug-likeness (QED) is 0.189. The van der Waals surface area contributed by atoms with Gasteiger partial charge in [-0.2, -0.15) is 5.26 Å². The normalized spacial score (nSPS) is 13.4. The number of carbonyl (C=O) groups is 1. The van der Waals surface area contributed by atoms with E-state index >= 15 is 0 Å². The smallest absolute Gasteiger partial charge is 0.336 e. The Bertz CT molecular complexity index is 1380. The number of esters is 1. The van der Waals surface area contributed by atoms with Crippen molar-refractivity contribution in [1.29, 1.82) is 5.26 Å². The molecule has 190 valence electrons. The summed E-state index contributed by atoms with van der Waals surface area (Å²) in [5.41, 5.74) is 1.86. The van der Waals surface area contributed by atoms with Gasteiger partial charge < -0.3 is 23.5 Å². The fourth-order valence-electron chi connectivity index (χ4n) is 4.12. The number of aryl methyl sites for hydroxylation is 1. The predicted octanol–water partition coefficient (Wildman–Crippen LogP) is 4.71. The number of ether oxygens (including phenoxy) is 4. The highest BCUT2D eigenvalue weighted by molar-refractivity contribution is 5.90. The highest BCUT2D eigenvalue weighted by Crippen LogP contribution is 2.31. The average Bonchev–Trinajstić information content (AvgIpc) is 3.18. The number of hydrogen-bond acceptors (Lipinski definition) is 8. The van der Waals surface area contributed by atoms with Gasteiger partial charge in [-0.05, 0) is 60.4 Å². The summed E-state index contributed by atoms with van der Waals surface area (Å²) in [5.74, 6) is 2.68. The molecule has 2 heterocycles. The van der Waals surface area contributed by atoms with Crippen LogP contribution in [0.25, 0.3) is 17.7 Å². The lowest BCUT2D eigenvalue weighted by Gasteiger charge is -2.10. The van der Waals surface area contributed by atoms with Crippen molar-refractivity contribution in [2.75, 3.05) is 21.3 Å². The van der Waals surface area contributed by atoms with Crippen LogP contribution in [-0.2, 0) is 17.8 Å². The van der Waals surface area contributed by atoms with Crippen molar-refractivity contribution in [2.24, 2.45) is 0 Å². The maximum absolute atomic E-state index is 12.5. The lowest BCUT2D eigenvalue weighted by atomic mass is 10.1. The van der Waals surface area contributed by atoms with Crippen LogP contribution in [0.1, 0.15) is 42.0 Å². The zero-order chi connectivity index (χ0) is 26.2. The lowest BCUT2D eigenvalue weighted by Crippen LogP contribution is -2.05. The number of carbonyl (C=O) groups excluding carboxylic acids is 1. The molecule has 2 aromatic carbocycles. The molecule has 0 saturated heterocycles. The van der Waals surface area contributed by atoms with Crippen LogP contribution in [-0.4, -0.2) is 42.1 Å². The minimum absolute atomic E-state index is 0.261. The van der Waals surface area contributed by atoms with E-state index in [1.54, 1.807) is 62.8 Å². The molecule has 1 aromatic heterocycles. The molecular formula is C28H28N4O5. The molecule has 1 aliphatic heterocycles. The topological polar surface area (TPSA) is 108 Å². The number of benzene rings is 2. The molecule has 0 atom stereocenters. The summed E-state index contributed by atoms with van der Waals surface area (Å²) in [6.07, 6.45) is 8.77. The number of fused-ring (bicyclic) bond motifs is 1. The van der Waals surface area contributed by atoms with Crippen LogP contribution >= 0.6 is 0 Å². The van der Waals surface area contributed by atoms with Gasteiger partial charge in [-0.15, -0.1) is 10.2 Å². The minimum Gasteiger partial charge on any atom is -0.493 e. The van der Waals surface area contributed by atoms with Crippen molar-refractivity contribution in [2.45, 2.75) is 32.2 Å². The van der Waals surface area contributed by atoms with Crippen LogP contribution in [0.15, 0.2) is 42.5 Å². The molecule has 3 aromatic rings. The highest BCUT2D eigenvalue weighted by atomic mass is 16.6. The van der Waals surface area contributed by atoms with E-state index in [-0.39, 0.29) is 5.75 Å². The van der Waals surface area contributed by atoms with Crippen LogP contribution in [0.5, 0.6) is 23.0 Å². The van der Waals surface area contributed by atoms with E-state index in [9.17, 15) is 10.1 Å². The van der Waals surface area contributed by atoms with Crippen molar-refractivity contribution in [1.82, 2.24) is 14.8 Å². The van der Waals surface area contributed by atoms with Gasteiger partial charge in [0.15, 0.2) is 28.8 Å². The molecule has 0 radical (unpaired) electrons. The first kappa shape index (κ1) is 25.5. The molecule has 0 aliphatic carbocycles. The Morgan fingerprint density at radius 1 is 0.919 bits per heavy atom. The molecule has 0 unspecified atom stereocenters. The number of hydrogen-bond donors (Lipinski definition) is 0. The molecule has 9 heteroatoms. The fraction of sp³-hybridized carbons (Fsp3) is 0.286. The van der Waals surface area contributed by atoms with Crippen LogP contribution in [0.4, 0.5) is 0 Å². The molecule has 0 N–H and O–H groups in total. The van der Waals surface area contributed by atoms with Gasteiger partial charge in [0, 0.05) is 19.0 Å². The van der Waals surface area contributed by atoms with Crippen molar-refractivity contribution in [3.63, 3.8) is 0 Å². The molecular weight excluding hydrogens is 472 g/mol. The van der Waals surface area contributed by atoms with Crippen LogP contribution < -0.4 is 18.9 Å². The molecule has 37 heavy (non-hydrogen) atoms. The first-order chi connectivity index (χ1) is 18.1. The van der Waals surface area contributed by atoms with Gasteiger partial charge in [0.25, 0.3) is 0 Å². The SMILES string of the molecule is COc1ccc(/C=C/C(=O)Oc2ccc(/C=C(\C#N)c3nnc4n3CCCCC4)cc2OC)cc1OC. The number of allylic oxidation sites excluding steroid dienone is 1. The Hall–Kier alpha value is -4.58. The van der Waals surface area contributed by atoms with Crippen molar-refractivity contribution in [3.8, 4) is 29.1 Å². The average molecular weight is 501 g/mol. The maximum atomic E-state index is 12.5. The molecule has 1 aliphatic rings. The number of methoxy groups -OCH3 is 3. The Labute approximate surface area is 215 Å². The second-order valence-electron chi connectivity index (χ2n) is 8.35. The Balaban J connectivity index is 1.51. The number of nitriles is 1. The number of aromatic nitrogens is 3. The molecule has 0 amide bonds. The van der Waals surface area contributed by atoms with Gasteiger partial charge in [-0.25, -0.2) is 4.79 Å². The van der Waals surface area contributed by atoms with Gasteiger partial charge in [-0.1, -0.05) is 18.6 Å². The highest BCUT2D eigenvalue weighted by Gasteiger charge is 2.18. The third kappa shape index (κ3) is 5.98. The van der Waals surface area contributed by atoms with Gasteiger partial charge in [0.05, 0.1) is 26.9 Å². The summed E-state index contributed by atoms with van der Waals surface area (Å²) in [4.78, 5) is 12.5. The van der Waals surface area contributed by atoms with Gasteiger partial charge in [0.1, 0.15) is 11.9 Å². The summed E-state index contributed by atoms with van der Waals surface area (Å²) >= 11 is 0. The van der Waals surface area contributed by atoms with Crippen LogP contribution in [0, 0.1) is 11.3 Å². The fourth-order valence-corrected chi connectivity index (χ4v) is 4.12. The zero-order valence-corrected chi connectivity index (χ0v) is 21.1. The molecule has 9 nitrogen and oxygen atoms in total. The predicted molar refractivity (Wildman–Crippen MR) is 138 cm³/mol. The van der Waals surface area contributed by atoms with Crippen molar-refractivity contribution < 1.29 is 23.7 Å². The van der Waals surface area contributed by atoms with Gasteiger partial charge in [0.2, 0.25) is 0 Å². The van der Waals surface area contributed by atoms with Crippen LogP contribution in [0.2, 0.25) is 0 Å². The summed E-state index contributed by atoms with van der Waals surface area (Å²) in [7, 11) is 4.60. The third-order valence-electron chi connectivity index (χ3n) is 6.00. The minimum atomic E-state index is -0.569. The van der Waals surface area contributed by atoms with Crippen LogP contribution in [0.3, 0.4) is 0 Å². The van der Waals surface area contributed by atoms with E-state index in [0.717, 1.165) is 43.6 Å². The number of rotatable bonds is 8. The molecule has 0 bridgehead atoms. The first-order valence-corrected chi connectivity index (χ1v) is 11.9. The zero-order valence-electron chi connectivity index (χ0n) is 21.1.